The molecule has 5 heteroatoms. The summed E-state index contributed by atoms with van der Waals surface area (Å²) >= 11 is 7.84. The van der Waals surface area contributed by atoms with Gasteiger partial charge in [-0.1, -0.05) is 0 Å². The molecule has 1 aliphatic rings. The van der Waals surface area contributed by atoms with E-state index in [1.165, 1.54) is 4.70 Å². The molecule has 2 aromatic rings. The Labute approximate surface area is 108 Å². The minimum absolute atomic E-state index is 0.424. The van der Waals surface area contributed by atoms with E-state index in [9.17, 15) is 0 Å². The van der Waals surface area contributed by atoms with Crippen LogP contribution in [0.25, 0.3) is 10.2 Å². The third-order valence-corrected chi connectivity index (χ3v) is 5.01. The first-order valence-corrected chi connectivity index (χ1v) is 7.28. The number of thiol groups is 1. The minimum atomic E-state index is 0.424. The summed E-state index contributed by atoms with van der Waals surface area (Å²) in [5.41, 5.74) is 1.04. The molecule has 0 fully saturated rings. The Bertz CT molecular complexity index is 574. The van der Waals surface area contributed by atoms with Crippen molar-refractivity contribution in [3.8, 4) is 0 Å². The molecule has 0 bridgehead atoms. The van der Waals surface area contributed by atoms with Gasteiger partial charge in [-0.25, -0.2) is 4.98 Å². The third-order valence-electron chi connectivity index (χ3n) is 2.35. The molecule has 1 aromatic heterocycles. The predicted octanol–water partition coefficient (Wildman–Crippen LogP) is 3.47. The second-order valence-corrected chi connectivity index (χ2v) is 6.32. The Balaban J connectivity index is 2.09. The summed E-state index contributed by atoms with van der Waals surface area (Å²) in [6, 6.07) is 6.47. The van der Waals surface area contributed by atoms with E-state index in [-0.39, 0.29) is 0 Å². The van der Waals surface area contributed by atoms with Crippen LogP contribution >= 0.6 is 35.7 Å². The molecule has 0 radical (unpaired) electrons. The van der Waals surface area contributed by atoms with Crippen LogP contribution in [0, 0.1) is 0 Å². The van der Waals surface area contributed by atoms with Crippen LogP contribution in [0.4, 0.5) is 0 Å². The number of hydrogen-bond acceptors (Lipinski definition) is 5. The Morgan fingerprint density at radius 1 is 1.44 bits per heavy atom. The molecule has 3 rings (SSSR count). The maximum absolute atomic E-state index is 4.60. The molecule has 0 N–H and O–H groups in total. The Kier molecular flexibility index (Phi) is 2.69. The maximum atomic E-state index is 4.60. The normalized spacial score (nSPS) is 20.4. The Hall–Kier alpha value is -0.520. The number of nitrogens with zero attached hydrogens (tertiary/aromatic N) is 2. The number of thioether (sulfide) groups is 1. The van der Waals surface area contributed by atoms with E-state index < -0.39 is 0 Å². The van der Waals surface area contributed by atoms with Crippen molar-refractivity contribution in [2.45, 2.75) is 17.9 Å². The largest absolute Gasteiger partial charge is 0.271 e. The SMILES string of the molecule is C[C@H]1CSC(c2nc3ccc(S)cc3s2)=N1. The lowest BCUT2D eigenvalue weighted by atomic mass is 10.3. The van der Waals surface area contributed by atoms with Crippen LogP contribution in [0.15, 0.2) is 28.1 Å². The van der Waals surface area contributed by atoms with Gasteiger partial charge in [-0.15, -0.1) is 35.7 Å². The van der Waals surface area contributed by atoms with E-state index in [4.69, 9.17) is 0 Å². The van der Waals surface area contributed by atoms with Crippen LogP contribution in [0.3, 0.4) is 0 Å². The van der Waals surface area contributed by atoms with Gasteiger partial charge in [-0.3, -0.25) is 4.99 Å². The lowest BCUT2D eigenvalue weighted by Crippen LogP contribution is -1.93. The Morgan fingerprint density at radius 2 is 2.31 bits per heavy atom. The van der Waals surface area contributed by atoms with Gasteiger partial charge in [0, 0.05) is 10.6 Å². The van der Waals surface area contributed by atoms with Gasteiger partial charge < -0.3 is 0 Å². The summed E-state index contributed by atoms with van der Waals surface area (Å²) in [4.78, 5) is 10.2. The standard InChI is InChI=1S/C11H10N2S3/c1-6-5-15-10(12-6)11-13-8-3-2-7(14)4-9(8)16-11/h2-4,6,14H,5H2,1H3/t6-/m0/s1. The van der Waals surface area contributed by atoms with Crippen LogP contribution in [0.5, 0.6) is 0 Å². The van der Waals surface area contributed by atoms with Crippen LogP contribution in [0.2, 0.25) is 0 Å². The van der Waals surface area contributed by atoms with Crippen LogP contribution in [-0.2, 0) is 0 Å². The predicted molar refractivity (Wildman–Crippen MR) is 75.3 cm³/mol. The number of aliphatic imine (C=N–C) groups is 1. The number of fused-ring (bicyclic) bond motifs is 1. The van der Waals surface area contributed by atoms with E-state index in [1.807, 2.05) is 12.1 Å². The molecule has 0 saturated heterocycles. The molecule has 1 aliphatic heterocycles. The highest BCUT2D eigenvalue weighted by Gasteiger charge is 2.18. The molecule has 0 aliphatic carbocycles. The number of hydrogen-bond donors (Lipinski definition) is 1. The van der Waals surface area contributed by atoms with Crippen LogP contribution < -0.4 is 0 Å². The molecule has 2 nitrogen and oxygen atoms in total. The van der Waals surface area contributed by atoms with Crippen LogP contribution in [0.1, 0.15) is 11.9 Å². The summed E-state index contributed by atoms with van der Waals surface area (Å²) in [6.07, 6.45) is 0. The molecule has 16 heavy (non-hydrogen) atoms. The van der Waals surface area contributed by atoms with Crippen molar-refractivity contribution < 1.29 is 0 Å². The second-order valence-electron chi connectivity index (χ2n) is 3.77. The van der Waals surface area contributed by atoms with Crippen molar-refractivity contribution in [3.63, 3.8) is 0 Å². The van der Waals surface area contributed by atoms with Crippen molar-refractivity contribution in [2.75, 3.05) is 5.75 Å². The second kappa shape index (κ2) is 4.05. The molecule has 0 amide bonds. The number of rotatable bonds is 1. The summed E-state index contributed by atoms with van der Waals surface area (Å²) < 4.78 is 1.19. The third kappa shape index (κ3) is 1.87. The maximum Gasteiger partial charge on any atom is 0.149 e. The van der Waals surface area contributed by atoms with Crippen LogP contribution in [-0.4, -0.2) is 21.8 Å². The van der Waals surface area contributed by atoms with Gasteiger partial charge in [0.15, 0.2) is 0 Å². The fourth-order valence-electron chi connectivity index (χ4n) is 1.60. The van der Waals surface area contributed by atoms with E-state index in [0.717, 1.165) is 26.2 Å². The summed E-state index contributed by atoms with van der Waals surface area (Å²) in [6.45, 7) is 2.14. The zero-order valence-electron chi connectivity index (χ0n) is 8.67. The molecule has 82 valence electrons. The van der Waals surface area contributed by atoms with Crippen molar-refractivity contribution in [1.82, 2.24) is 4.98 Å². The van der Waals surface area contributed by atoms with Gasteiger partial charge in [0.2, 0.25) is 0 Å². The van der Waals surface area contributed by atoms with E-state index in [1.54, 1.807) is 23.1 Å². The first-order valence-electron chi connectivity index (χ1n) is 5.03. The van der Waals surface area contributed by atoms with Gasteiger partial charge in [0.1, 0.15) is 10.1 Å². The smallest absolute Gasteiger partial charge is 0.149 e. The first kappa shape index (κ1) is 10.6. The first-order chi connectivity index (χ1) is 7.72. The van der Waals surface area contributed by atoms with Crippen molar-refractivity contribution in [3.05, 3.63) is 23.2 Å². The number of thiazole rings is 1. The zero-order chi connectivity index (χ0) is 11.1. The highest BCUT2D eigenvalue weighted by Crippen LogP contribution is 2.30. The molecule has 2 heterocycles. The monoisotopic (exact) mass is 266 g/mol. The van der Waals surface area contributed by atoms with Gasteiger partial charge >= 0.3 is 0 Å². The lowest BCUT2D eigenvalue weighted by Gasteiger charge is -1.89. The van der Waals surface area contributed by atoms with Gasteiger partial charge in [-0.05, 0) is 25.1 Å². The van der Waals surface area contributed by atoms with E-state index >= 15 is 0 Å². The fraction of sp³-hybridized carbons (Fsp3) is 0.273. The molecular weight excluding hydrogens is 256 g/mol. The Morgan fingerprint density at radius 3 is 3.06 bits per heavy atom. The molecule has 1 atom stereocenters. The molecule has 1 aromatic carbocycles. The van der Waals surface area contributed by atoms with Crippen molar-refractivity contribution in [1.29, 1.82) is 0 Å². The molecule has 0 unspecified atom stereocenters. The van der Waals surface area contributed by atoms with Crippen molar-refractivity contribution in [2.24, 2.45) is 4.99 Å². The average Bonchev–Trinajstić information content (AvgIpc) is 2.83. The van der Waals surface area contributed by atoms with Gasteiger partial charge in [0.05, 0.1) is 16.3 Å². The zero-order valence-corrected chi connectivity index (χ0v) is 11.2. The summed E-state index contributed by atoms with van der Waals surface area (Å²) in [5.74, 6) is 1.07. The number of benzene rings is 1. The molecular formula is C11H10N2S3. The summed E-state index contributed by atoms with van der Waals surface area (Å²) in [5, 5.41) is 2.14. The van der Waals surface area contributed by atoms with Gasteiger partial charge in [0.25, 0.3) is 0 Å². The quantitative estimate of drug-likeness (QED) is 0.800. The molecule has 0 spiro atoms. The van der Waals surface area contributed by atoms with Crippen molar-refractivity contribution >= 4 is 51.0 Å². The topological polar surface area (TPSA) is 25.2 Å². The average molecular weight is 266 g/mol. The minimum Gasteiger partial charge on any atom is -0.271 e. The van der Waals surface area contributed by atoms with E-state index in [2.05, 4.69) is 35.6 Å². The molecule has 0 saturated carbocycles. The lowest BCUT2D eigenvalue weighted by molar-refractivity contribution is 0.865. The van der Waals surface area contributed by atoms with E-state index in [0.29, 0.717) is 6.04 Å². The summed E-state index contributed by atoms with van der Waals surface area (Å²) in [7, 11) is 0. The van der Waals surface area contributed by atoms with Gasteiger partial charge in [-0.2, -0.15) is 0 Å². The fourth-order valence-corrected chi connectivity index (χ4v) is 3.98. The highest BCUT2D eigenvalue weighted by molar-refractivity contribution is 8.15. The highest BCUT2D eigenvalue weighted by atomic mass is 32.2. The number of aromatic nitrogens is 1.